The SMILES string of the molecule is OCc1n[nH]c(Cc2ccc(O)cc2)n1. The summed E-state index contributed by atoms with van der Waals surface area (Å²) in [6.07, 6.45) is 0.604. The first-order valence-electron chi connectivity index (χ1n) is 4.57. The van der Waals surface area contributed by atoms with Crippen LogP contribution in [-0.4, -0.2) is 25.4 Å². The summed E-state index contributed by atoms with van der Waals surface area (Å²) in [5.41, 5.74) is 1.02. The van der Waals surface area contributed by atoms with E-state index in [0.717, 1.165) is 5.56 Å². The first-order chi connectivity index (χ1) is 7.28. The van der Waals surface area contributed by atoms with E-state index in [1.807, 2.05) is 12.1 Å². The van der Waals surface area contributed by atoms with Crippen molar-refractivity contribution in [3.05, 3.63) is 41.5 Å². The third-order valence-corrected chi connectivity index (χ3v) is 2.03. The molecule has 0 unspecified atom stereocenters. The monoisotopic (exact) mass is 205 g/mol. The lowest BCUT2D eigenvalue weighted by atomic mass is 10.1. The normalized spacial score (nSPS) is 10.5. The van der Waals surface area contributed by atoms with E-state index in [1.54, 1.807) is 12.1 Å². The van der Waals surface area contributed by atoms with E-state index < -0.39 is 0 Å². The van der Waals surface area contributed by atoms with Gasteiger partial charge in [0.1, 0.15) is 18.2 Å². The molecule has 5 heteroatoms. The number of aliphatic hydroxyl groups excluding tert-OH is 1. The zero-order valence-electron chi connectivity index (χ0n) is 8.01. The lowest BCUT2D eigenvalue weighted by Crippen LogP contribution is -1.91. The summed E-state index contributed by atoms with van der Waals surface area (Å²) in [4.78, 5) is 4.07. The summed E-state index contributed by atoms with van der Waals surface area (Å²) >= 11 is 0. The van der Waals surface area contributed by atoms with E-state index in [2.05, 4.69) is 15.2 Å². The van der Waals surface area contributed by atoms with Crippen LogP contribution in [-0.2, 0) is 13.0 Å². The molecule has 0 aliphatic rings. The number of nitrogens with zero attached hydrogens (tertiary/aromatic N) is 2. The van der Waals surface area contributed by atoms with Crippen molar-refractivity contribution in [2.45, 2.75) is 13.0 Å². The molecule has 0 bridgehead atoms. The Kier molecular flexibility index (Phi) is 2.64. The van der Waals surface area contributed by atoms with Crippen LogP contribution in [0.15, 0.2) is 24.3 Å². The molecule has 2 rings (SSSR count). The van der Waals surface area contributed by atoms with Gasteiger partial charge in [-0.3, -0.25) is 5.10 Å². The second kappa shape index (κ2) is 4.10. The van der Waals surface area contributed by atoms with Gasteiger partial charge in [0.15, 0.2) is 5.82 Å². The summed E-state index contributed by atoms with van der Waals surface area (Å²) in [5, 5.41) is 24.4. The molecular formula is C10H11N3O2. The number of phenols is 1. The molecule has 1 aromatic heterocycles. The number of hydrogen-bond donors (Lipinski definition) is 3. The number of aromatic nitrogens is 3. The van der Waals surface area contributed by atoms with Crippen molar-refractivity contribution in [3.8, 4) is 5.75 Å². The summed E-state index contributed by atoms with van der Waals surface area (Å²) in [6, 6.07) is 6.88. The largest absolute Gasteiger partial charge is 0.508 e. The predicted molar refractivity (Wildman–Crippen MR) is 53.2 cm³/mol. The molecule has 2 aromatic rings. The highest BCUT2D eigenvalue weighted by molar-refractivity contribution is 5.27. The molecule has 5 nitrogen and oxygen atoms in total. The molecule has 15 heavy (non-hydrogen) atoms. The van der Waals surface area contributed by atoms with Crippen molar-refractivity contribution in [2.75, 3.05) is 0 Å². The van der Waals surface area contributed by atoms with Crippen molar-refractivity contribution in [3.63, 3.8) is 0 Å². The van der Waals surface area contributed by atoms with Gasteiger partial charge in [-0.2, -0.15) is 5.10 Å². The summed E-state index contributed by atoms with van der Waals surface area (Å²) in [5.74, 6) is 1.33. The van der Waals surface area contributed by atoms with Crippen molar-refractivity contribution < 1.29 is 10.2 Å². The molecule has 0 saturated carbocycles. The van der Waals surface area contributed by atoms with Crippen molar-refractivity contribution in [1.82, 2.24) is 15.2 Å². The van der Waals surface area contributed by atoms with E-state index in [4.69, 9.17) is 10.2 Å². The number of benzene rings is 1. The number of aliphatic hydroxyl groups is 1. The van der Waals surface area contributed by atoms with Gasteiger partial charge in [0.05, 0.1) is 0 Å². The summed E-state index contributed by atoms with van der Waals surface area (Å²) < 4.78 is 0. The maximum Gasteiger partial charge on any atom is 0.176 e. The fraction of sp³-hybridized carbons (Fsp3) is 0.200. The second-order valence-corrected chi connectivity index (χ2v) is 3.20. The Balaban J connectivity index is 2.11. The standard InChI is InChI=1S/C10H11N3O2/c14-6-10-11-9(12-13-10)5-7-1-3-8(15)4-2-7/h1-4,14-15H,5-6H2,(H,11,12,13). The van der Waals surface area contributed by atoms with Gasteiger partial charge in [0, 0.05) is 6.42 Å². The Morgan fingerprint density at radius 1 is 1.20 bits per heavy atom. The van der Waals surface area contributed by atoms with Crippen LogP contribution in [0.25, 0.3) is 0 Å². The van der Waals surface area contributed by atoms with E-state index >= 15 is 0 Å². The Bertz CT molecular complexity index is 436. The summed E-state index contributed by atoms with van der Waals surface area (Å²) in [6.45, 7) is -0.161. The van der Waals surface area contributed by atoms with Crippen LogP contribution in [0.1, 0.15) is 17.2 Å². The molecule has 0 saturated heterocycles. The van der Waals surface area contributed by atoms with Gasteiger partial charge in [-0.05, 0) is 17.7 Å². The van der Waals surface area contributed by atoms with E-state index in [1.165, 1.54) is 0 Å². The second-order valence-electron chi connectivity index (χ2n) is 3.20. The number of nitrogens with one attached hydrogen (secondary N) is 1. The van der Waals surface area contributed by atoms with Crippen LogP contribution < -0.4 is 0 Å². The van der Waals surface area contributed by atoms with Gasteiger partial charge in [0.25, 0.3) is 0 Å². The number of H-pyrrole nitrogens is 1. The minimum Gasteiger partial charge on any atom is -0.508 e. The first-order valence-corrected chi connectivity index (χ1v) is 4.57. The zero-order valence-corrected chi connectivity index (χ0v) is 8.01. The highest BCUT2D eigenvalue weighted by Gasteiger charge is 2.02. The summed E-state index contributed by atoms with van der Waals surface area (Å²) in [7, 11) is 0. The average molecular weight is 205 g/mol. The van der Waals surface area contributed by atoms with Crippen molar-refractivity contribution >= 4 is 0 Å². The fourth-order valence-corrected chi connectivity index (χ4v) is 1.29. The first kappa shape index (κ1) is 9.67. The van der Waals surface area contributed by atoms with Gasteiger partial charge in [0.2, 0.25) is 0 Å². The molecule has 0 amide bonds. The maximum absolute atomic E-state index is 9.10. The lowest BCUT2D eigenvalue weighted by Gasteiger charge is -1.97. The number of rotatable bonds is 3. The molecule has 78 valence electrons. The fourth-order valence-electron chi connectivity index (χ4n) is 1.29. The van der Waals surface area contributed by atoms with Crippen LogP contribution in [0.5, 0.6) is 5.75 Å². The number of aromatic amines is 1. The van der Waals surface area contributed by atoms with Crippen molar-refractivity contribution in [2.24, 2.45) is 0 Å². The van der Waals surface area contributed by atoms with Crippen LogP contribution >= 0.6 is 0 Å². The molecule has 0 spiro atoms. The highest BCUT2D eigenvalue weighted by Crippen LogP contribution is 2.11. The number of hydrogen-bond acceptors (Lipinski definition) is 4. The van der Waals surface area contributed by atoms with Crippen LogP contribution in [0.4, 0.5) is 0 Å². The van der Waals surface area contributed by atoms with Crippen LogP contribution in [0.2, 0.25) is 0 Å². The molecule has 3 N–H and O–H groups in total. The highest BCUT2D eigenvalue weighted by atomic mass is 16.3. The average Bonchev–Trinajstić information content (AvgIpc) is 2.69. The van der Waals surface area contributed by atoms with Crippen molar-refractivity contribution in [1.29, 1.82) is 0 Å². The topological polar surface area (TPSA) is 82.0 Å². The molecule has 0 aliphatic carbocycles. The number of aromatic hydroxyl groups is 1. The Hall–Kier alpha value is -1.88. The van der Waals surface area contributed by atoms with Gasteiger partial charge in [-0.25, -0.2) is 4.98 Å². The maximum atomic E-state index is 9.10. The van der Waals surface area contributed by atoms with Gasteiger partial charge < -0.3 is 10.2 Å². The zero-order chi connectivity index (χ0) is 10.7. The van der Waals surface area contributed by atoms with Gasteiger partial charge in [-0.15, -0.1) is 0 Å². The predicted octanol–water partition coefficient (Wildman–Crippen LogP) is 0.593. The molecular weight excluding hydrogens is 194 g/mol. The molecule has 0 radical (unpaired) electrons. The molecule has 0 aliphatic heterocycles. The third-order valence-electron chi connectivity index (χ3n) is 2.03. The minimum absolute atomic E-state index is 0.161. The lowest BCUT2D eigenvalue weighted by molar-refractivity contribution is 0.272. The molecule has 1 aromatic carbocycles. The number of phenolic OH excluding ortho intramolecular Hbond substituents is 1. The van der Waals surface area contributed by atoms with Crippen LogP contribution in [0.3, 0.4) is 0 Å². The Morgan fingerprint density at radius 2 is 1.93 bits per heavy atom. The van der Waals surface area contributed by atoms with Gasteiger partial charge >= 0.3 is 0 Å². The molecule has 1 heterocycles. The van der Waals surface area contributed by atoms with E-state index in [0.29, 0.717) is 18.1 Å². The third kappa shape index (κ3) is 2.32. The van der Waals surface area contributed by atoms with E-state index in [-0.39, 0.29) is 12.4 Å². The quantitative estimate of drug-likeness (QED) is 0.685. The Labute approximate surface area is 86.4 Å². The molecule has 0 fully saturated rings. The van der Waals surface area contributed by atoms with Crippen LogP contribution in [0, 0.1) is 0 Å². The molecule has 0 atom stereocenters. The Morgan fingerprint density at radius 3 is 2.53 bits per heavy atom. The smallest absolute Gasteiger partial charge is 0.176 e. The van der Waals surface area contributed by atoms with Gasteiger partial charge in [-0.1, -0.05) is 12.1 Å². The van der Waals surface area contributed by atoms with E-state index in [9.17, 15) is 0 Å². The minimum atomic E-state index is -0.161.